The van der Waals surface area contributed by atoms with E-state index >= 15 is 0 Å². The molecule has 136 valence electrons. The SMILES string of the molecule is Cc1ncc(NC(=O)[C@@H]2C[C@@]3(C)C[C@H]3N2C(=O)OC(C)(C)C)nc1Br. The van der Waals surface area contributed by atoms with Gasteiger partial charge < -0.3 is 10.1 Å². The second-order valence-corrected chi connectivity index (χ2v) is 8.85. The molecule has 0 radical (unpaired) electrons. The van der Waals surface area contributed by atoms with Gasteiger partial charge in [0.2, 0.25) is 5.91 Å². The maximum absolute atomic E-state index is 12.8. The van der Waals surface area contributed by atoms with Crippen molar-refractivity contribution < 1.29 is 14.3 Å². The zero-order valence-corrected chi connectivity index (χ0v) is 16.7. The van der Waals surface area contributed by atoms with Crippen molar-refractivity contribution in [2.75, 3.05) is 5.32 Å². The lowest BCUT2D eigenvalue weighted by molar-refractivity contribution is -0.121. The van der Waals surface area contributed by atoms with Crippen LogP contribution in [0, 0.1) is 12.3 Å². The molecule has 1 aromatic heterocycles. The Balaban J connectivity index is 1.76. The predicted octanol–water partition coefficient (Wildman–Crippen LogP) is 3.27. The molecule has 2 fully saturated rings. The van der Waals surface area contributed by atoms with Gasteiger partial charge >= 0.3 is 6.09 Å². The first-order valence-corrected chi connectivity index (χ1v) is 9.11. The summed E-state index contributed by atoms with van der Waals surface area (Å²) >= 11 is 3.30. The average Bonchev–Trinajstić information content (AvgIpc) is 3.02. The van der Waals surface area contributed by atoms with Crippen molar-refractivity contribution in [3.8, 4) is 0 Å². The molecule has 7 nitrogen and oxygen atoms in total. The molecule has 0 unspecified atom stereocenters. The highest BCUT2D eigenvalue weighted by Crippen LogP contribution is 2.59. The smallest absolute Gasteiger partial charge is 0.411 e. The van der Waals surface area contributed by atoms with E-state index in [1.54, 1.807) is 4.90 Å². The fourth-order valence-corrected chi connectivity index (χ4v) is 3.57. The van der Waals surface area contributed by atoms with Crippen LogP contribution in [0.5, 0.6) is 0 Å². The van der Waals surface area contributed by atoms with E-state index in [-0.39, 0.29) is 17.4 Å². The molecule has 8 heteroatoms. The quantitative estimate of drug-likeness (QED) is 0.808. The Hall–Kier alpha value is -1.70. The fraction of sp³-hybridized carbons (Fsp3) is 0.647. The first-order valence-electron chi connectivity index (χ1n) is 8.31. The number of aromatic nitrogens is 2. The molecule has 1 aliphatic carbocycles. The highest BCUT2D eigenvalue weighted by atomic mass is 79.9. The topological polar surface area (TPSA) is 84.4 Å². The normalized spacial score (nSPS) is 27.7. The number of amides is 2. The van der Waals surface area contributed by atoms with Gasteiger partial charge in [0.1, 0.15) is 16.2 Å². The van der Waals surface area contributed by atoms with E-state index in [0.29, 0.717) is 16.8 Å². The van der Waals surface area contributed by atoms with Crippen LogP contribution in [0.15, 0.2) is 10.8 Å². The lowest BCUT2D eigenvalue weighted by atomic mass is 10.0. The molecule has 0 aromatic carbocycles. The molecular formula is C17H23BrN4O3. The number of likely N-dealkylation sites (tertiary alicyclic amines) is 1. The molecule has 1 aromatic rings. The summed E-state index contributed by atoms with van der Waals surface area (Å²) in [6.45, 7) is 9.38. The van der Waals surface area contributed by atoms with E-state index in [1.165, 1.54) is 6.20 Å². The van der Waals surface area contributed by atoms with Crippen molar-refractivity contribution in [3.05, 3.63) is 16.5 Å². The number of anilines is 1. The van der Waals surface area contributed by atoms with Crippen molar-refractivity contribution in [2.45, 2.75) is 65.1 Å². The highest BCUT2D eigenvalue weighted by Gasteiger charge is 2.65. The summed E-state index contributed by atoms with van der Waals surface area (Å²) in [6.07, 6.45) is 2.61. The van der Waals surface area contributed by atoms with Crippen molar-refractivity contribution >= 4 is 33.7 Å². The molecular weight excluding hydrogens is 388 g/mol. The number of piperidine rings is 1. The van der Waals surface area contributed by atoms with Crippen LogP contribution < -0.4 is 5.32 Å². The number of hydrogen-bond donors (Lipinski definition) is 1. The molecule has 2 aliphatic rings. The standard InChI is InChI=1S/C17H23BrN4O3/c1-9-13(18)20-12(8-19-9)21-14(23)10-6-17(5)7-11(17)22(10)15(24)25-16(2,3)4/h8,10-11H,6-7H2,1-5H3,(H,20,21,23)/t10-,11+,17-/m0/s1. The number of hydrogen-bond acceptors (Lipinski definition) is 5. The minimum Gasteiger partial charge on any atom is -0.444 e. The minimum absolute atomic E-state index is 0.00154. The molecule has 1 saturated heterocycles. The zero-order chi connectivity index (χ0) is 18.6. The lowest BCUT2D eigenvalue weighted by Gasteiger charge is -2.29. The zero-order valence-electron chi connectivity index (χ0n) is 15.1. The molecule has 2 heterocycles. The van der Waals surface area contributed by atoms with Crippen LogP contribution in [0.3, 0.4) is 0 Å². The van der Waals surface area contributed by atoms with Crippen LogP contribution >= 0.6 is 15.9 Å². The summed E-state index contributed by atoms with van der Waals surface area (Å²) in [5, 5.41) is 2.77. The number of halogens is 1. The molecule has 1 N–H and O–H groups in total. The van der Waals surface area contributed by atoms with Crippen molar-refractivity contribution in [1.29, 1.82) is 0 Å². The van der Waals surface area contributed by atoms with Gasteiger partial charge in [-0.3, -0.25) is 14.7 Å². The predicted molar refractivity (Wildman–Crippen MR) is 96.1 cm³/mol. The summed E-state index contributed by atoms with van der Waals surface area (Å²) < 4.78 is 6.08. The van der Waals surface area contributed by atoms with Gasteiger partial charge in [-0.1, -0.05) is 6.92 Å². The first kappa shape index (κ1) is 18.1. The molecule has 1 aliphatic heterocycles. The second-order valence-electron chi connectivity index (χ2n) is 8.10. The van der Waals surface area contributed by atoms with Gasteiger partial charge in [0.25, 0.3) is 0 Å². The Morgan fingerprint density at radius 2 is 2.08 bits per heavy atom. The van der Waals surface area contributed by atoms with Gasteiger partial charge in [-0.2, -0.15) is 0 Å². The largest absolute Gasteiger partial charge is 0.444 e. The Labute approximate surface area is 155 Å². The van der Waals surface area contributed by atoms with Gasteiger partial charge in [0.15, 0.2) is 5.82 Å². The van der Waals surface area contributed by atoms with E-state index in [4.69, 9.17) is 4.74 Å². The van der Waals surface area contributed by atoms with Gasteiger partial charge in [-0.15, -0.1) is 0 Å². The molecule has 3 atom stereocenters. The molecule has 1 saturated carbocycles. The summed E-state index contributed by atoms with van der Waals surface area (Å²) in [5.74, 6) is 0.0988. The summed E-state index contributed by atoms with van der Waals surface area (Å²) in [5.41, 5.74) is 0.139. The summed E-state index contributed by atoms with van der Waals surface area (Å²) in [6, 6.07) is -0.491. The summed E-state index contributed by atoms with van der Waals surface area (Å²) in [4.78, 5) is 35.4. The molecule has 25 heavy (non-hydrogen) atoms. The van der Waals surface area contributed by atoms with E-state index in [1.807, 2.05) is 27.7 Å². The molecule has 0 bridgehead atoms. The number of nitrogens with zero attached hydrogens (tertiary/aromatic N) is 3. The number of aryl methyl sites for hydroxylation is 1. The monoisotopic (exact) mass is 410 g/mol. The number of ether oxygens (including phenoxy) is 1. The third-order valence-corrected chi connectivity index (χ3v) is 5.44. The Morgan fingerprint density at radius 3 is 2.68 bits per heavy atom. The van der Waals surface area contributed by atoms with Crippen LogP contribution in [0.4, 0.5) is 10.6 Å². The van der Waals surface area contributed by atoms with Crippen LogP contribution in [0.2, 0.25) is 0 Å². The lowest BCUT2D eigenvalue weighted by Crippen LogP contribution is -2.47. The number of carbonyl (C=O) groups is 2. The van der Waals surface area contributed by atoms with Crippen molar-refractivity contribution in [1.82, 2.24) is 14.9 Å². The third kappa shape index (κ3) is 3.63. The average molecular weight is 411 g/mol. The van der Waals surface area contributed by atoms with E-state index < -0.39 is 17.7 Å². The third-order valence-electron chi connectivity index (χ3n) is 4.69. The molecule has 0 spiro atoms. The van der Waals surface area contributed by atoms with E-state index in [9.17, 15) is 9.59 Å². The number of carbonyl (C=O) groups excluding carboxylic acids is 2. The van der Waals surface area contributed by atoms with Crippen molar-refractivity contribution in [2.24, 2.45) is 5.41 Å². The maximum atomic E-state index is 12.8. The van der Waals surface area contributed by atoms with Gasteiger partial charge in [-0.05, 0) is 61.9 Å². The van der Waals surface area contributed by atoms with Crippen molar-refractivity contribution in [3.63, 3.8) is 0 Å². The Bertz CT molecular complexity index is 733. The Morgan fingerprint density at radius 1 is 1.40 bits per heavy atom. The second kappa shape index (κ2) is 5.93. The van der Waals surface area contributed by atoms with E-state index in [0.717, 1.165) is 12.1 Å². The first-order chi connectivity index (χ1) is 11.5. The molecule has 3 rings (SSSR count). The maximum Gasteiger partial charge on any atom is 0.411 e. The highest BCUT2D eigenvalue weighted by molar-refractivity contribution is 9.10. The van der Waals surface area contributed by atoms with Gasteiger partial charge in [-0.25, -0.2) is 9.78 Å². The Kier molecular flexibility index (Phi) is 4.29. The van der Waals surface area contributed by atoms with Crippen LogP contribution in [0.25, 0.3) is 0 Å². The number of rotatable bonds is 2. The minimum atomic E-state index is -0.598. The number of nitrogens with one attached hydrogen (secondary N) is 1. The number of fused-ring (bicyclic) bond motifs is 1. The van der Waals surface area contributed by atoms with Crippen LogP contribution in [-0.4, -0.2) is 44.6 Å². The van der Waals surface area contributed by atoms with Crippen LogP contribution in [-0.2, 0) is 9.53 Å². The van der Waals surface area contributed by atoms with Crippen LogP contribution in [0.1, 0.15) is 46.2 Å². The fourth-order valence-electron chi connectivity index (χ4n) is 3.28. The summed E-state index contributed by atoms with van der Waals surface area (Å²) in [7, 11) is 0. The van der Waals surface area contributed by atoms with Gasteiger partial charge in [0, 0.05) is 6.04 Å². The van der Waals surface area contributed by atoms with Gasteiger partial charge in [0.05, 0.1) is 11.9 Å². The molecule has 2 amide bonds. The van der Waals surface area contributed by atoms with E-state index in [2.05, 4.69) is 38.1 Å².